The van der Waals surface area contributed by atoms with Crippen molar-refractivity contribution in [1.82, 2.24) is 15.1 Å². The van der Waals surface area contributed by atoms with Gasteiger partial charge in [0.25, 0.3) is 0 Å². The molecule has 2 aromatic carbocycles. The second-order valence-corrected chi connectivity index (χ2v) is 8.74. The lowest BCUT2D eigenvalue weighted by molar-refractivity contribution is -0.126. The number of morpholine rings is 1. The third kappa shape index (κ3) is 6.27. The van der Waals surface area contributed by atoms with Crippen LogP contribution in [0.3, 0.4) is 0 Å². The number of benzene rings is 2. The number of urea groups is 1. The number of anilines is 1. The fourth-order valence-corrected chi connectivity index (χ4v) is 4.58. The Morgan fingerprint density at radius 2 is 1.68 bits per heavy atom. The summed E-state index contributed by atoms with van der Waals surface area (Å²) in [6.45, 7) is 4.75. The zero-order valence-electron chi connectivity index (χ0n) is 19.7. The lowest BCUT2D eigenvalue weighted by atomic mass is 9.95. The third-order valence-corrected chi connectivity index (χ3v) is 6.63. The van der Waals surface area contributed by atoms with Gasteiger partial charge in [-0.2, -0.15) is 0 Å². The Labute approximate surface area is 201 Å². The normalized spacial score (nSPS) is 18.2. The van der Waals surface area contributed by atoms with Crippen LogP contribution in [-0.2, 0) is 9.53 Å². The molecule has 0 bridgehead atoms. The summed E-state index contributed by atoms with van der Waals surface area (Å²) in [6, 6.07) is 17.4. The molecular weight excluding hydrogens is 432 g/mol. The molecular formula is C26H34N4O4. The van der Waals surface area contributed by atoms with Crippen LogP contribution >= 0.6 is 0 Å². The number of likely N-dealkylation sites (tertiary alicyclic amines) is 1. The lowest BCUT2D eigenvalue weighted by Gasteiger charge is -2.36. The maximum Gasteiger partial charge on any atom is 0.321 e. The van der Waals surface area contributed by atoms with Gasteiger partial charge in [-0.25, -0.2) is 4.79 Å². The predicted octanol–water partition coefficient (Wildman–Crippen LogP) is 3.13. The molecule has 34 heavy (non-hydrogen) atoms. The van der Waals surface area contributed by atoms with Gasteiger partial charge < -0.3 is 25.0 Å². The van der Waals surface area contributed by atoms with Gasteiger partial charge in [-0.3, -0.25) is 9.69 Å². The number of piperidine rings is 1. The maximum atomic E-state index is 13.0. The quantitative estimate of drug-likeness (QED) is 0.655. The molecule has 0 aliphatic carbocycles. The molecule has 1 atom stereocenters. The number of amides is 3. The molecule has 2 N–H and O–H groups in total. The average molecular weight is 467 g/mol. The number of hydrogen-bond donors (Lipinski definition) is 2. The molecule has 8 nitrogen and oxygen atoms in total. The van der Waals surface area contributed by atoms with Crippen molar-refractivity contribution in [3.63, 3.8) is 0 Å². The summed E-state index contributed by atoms with van der Waals surface area (Å²) in [5.41, 5.74) is 1.93. The lowest BCUT2D eigenvalue weighted by Crippen LogP contribution is -2.47. The van der Waals surface area contributed by atoms with E-state index in [1.165, 1.54) is 0 Å². The summed E-state index contributed by atoms with van der Waals surface area (Å²) in [5, 5.41) is 6.11. The minimum atomic E-state index is -0.114. The van der Waals surface area contributed by atoms with Crippen molar-refractivity contribution in [3.8, 4) is 5.75 Å². The highest BCUT2D eigenvalue weighted by atomic mass is 16.5. The van der Waals surface area contributed by atoms with Crippen LogP contribution in [0.1, 0.15) is 24.4 Å². The average Bonchev–Trinajstić information content (AvgIpc) is 2.90. The number of nitrogens with zero attached hydrogens (tertiary/aromatic N) is 2. The van der Waals surface area contributed by atoms with Crippen molar-refractivity contribution >= 4 is 17.6 Å². The fraction of sp³-hybridized carbons (Fsp3) is 0.462. The van der Waals surface area contributed by atoms with Gasteiger partial charge in [0.05, 0.1) is 26.4 Å². The van der Waals surface area contributed by atoms with Crippen LogP contribution in [0, 0.1) is 5.92 Å². The number of para-hydroxylation sites is 1. The van der Waals surface area contributed by atoms with E-state index in [4.69, 9.17) is 9.47 Å². The van der Waals surface area contributed by atoms with Gasteiger partial charge in [0.15, 0.2) is 0 Å². The van der Waals surface area contributed by atoms with E-state index in [1.54, 1.807) is 12.0 Å². The van der Waals surface area contributed by atoms with Gasteiger partial charge in [0, 0.05) is 44.3 Å². The van der Waals surface area contributed by atoms with Gasteiger partial charge in [-0.15, -0.1) is 0 Å². The number of nitrogens with one attached hydrogen (secondary N) is 2. The highest BCUT2D eigenvalue weighted by Gasteiger charge is 2.29. The first-order valence-electron chi connectivity index (χ1n) is 12.0. The summed E-state index contributed by atoms with van der Waals surface area (Å²) >= 11 is 0. The van der Waals surface area contributed by atoms with Crippen LogP contribution in [0.15, 0.2) is 54.6 Å². The van der Waals surface area contributed by atoms with Crippen LogP contribution in [0.2, 0.25) is 0 Å². The number of hydrogen-bond acceptors (Lipinski definition) is 5. The molecule has 0 aromatic heterocycles. The van der Waals surface area contributed by atoms with E-state index in [9.17, 15) is 9.59 Å². The largest absolute Gasteiger partial charge is 0.497 e. The molecule has 2 aliphatic heterocycles. The third-order valence-electron chi connectivity index (χ3n) is 6.63. The van der Waals surface area contributed by atoms with E-state index in [2.05, 4.69) is 27.7 Å². The summed E-state index contributed by atoms with van der Waals surface area (Å²) < 4.78 is 10.8. The van der Waals surface area contributed by atoms with Crippen LogP contribution in [0.4, 0.5) is 10.5 Å². The Balaban J connectivity index is 1.29. The van der Waals surface area contributed by atoms with Crippen molar-refractivity contribution < 1.29 is 19.1 Å². The number of carbonyl (C=O) groups is 2. The first kappa shape index (κ1) is 24.0. The smallest absolute Gasteiger partial charge is 0.321 e. The monoisotopic (exact) mass is 466 g/mol. The molecule has 4 rings (SSSR count). The van der Waals surface area contributed by atoms with Crippen LogP contribution in [0.5, 0.6) is 5.75 Å². The Morgan fingerprint density at radius 3 is 2.32 bits per heavy atom. The minimum absolute atomic E-state index is 0.0647. The van der Waals surface area contributed by atoms with Gasteiger partial charge in [-0.05, 0) is 42.7 Å². The van der Waals surface area contributed by atoms with E-state index in [1.807, 2.05) is 42.5 Å². The molecule has 2 aromatic rings. The minimum Gasteiger partial charge on any atom is -0.497 e. The van der Waals surface area contributed by atoms with E-state index >= 15 is 0 Å². The molecule has 182 valence electrons. The second kappa shape index (κ2) is 11.9. The molecule has 2 aliphatic rings. The van der Waals surface area contributed by atoms with E-state index in [0.717, 1.165) is 30.1 Å². The Hall–Kier alpha value is -3.10. The summed E-state index contributed by atoms with van der Waals surface area (Å²) in [7, 11) is 1.66. The molecule has 0 saturated carbocycles. The summed E-state index contributed by atoms with van der Waals surface area (Å²) in [5.74, 6) is 0.799. The molecule has 2 saturated heterocycles. The number of ether oxygens (including phenoxy) is 2. The zero-order chi connectivity index (χ0) is 23.8. The first-order valence-corrected chi connectivity index (χ1v) is 12.0. The summed E-state index contributed by atoms with van der Waals surface area (Å²) in [4.78, 5) is 29.7. The van der Waals surface area contributed by atoms with Gasteiger partial charge >= 0.3 is 6.03 Å². The van der Waals surface area contributed by atoms with E-state index in [-0.39, 0.29) is 23.9 Å². The zero-order valence-corrected chi connectivity index (χ0v) is 19.7. The molecule has 0 spiro atoms. The Bertz CT molecular complexity index is 924. The number of rotatable bonds is 7. The number of methoxy groups -OCH3 is 1. The van der Waals surface area contributed by atoms with Crippen LogP contribution in [-0.4, -0.2) is 74.8 Å². The van der Waals surface area contributed by atoms with Gasteiger partial charge in [0.1, 0.15) is 5.75 Å². The van der Waals surface area contributed by atoms with Gasteiger partial charge in [-0.1, -0.05) is 30.3 Å². The summed E-state index contributed by atoms with van der Waals surface area (Å²) in [6.07, 6.45) is 1.33. The van der Waals surface area contributed by atoms with Crippen molar-refractivity contribution in [2.45, 2.75) is 18.9 Å². The molecule has 0 radical (unpaired) electrons. The van der Waals surface area contributed by atoms with Crippen molar-refractivity contribution in [3.05, 3.63) is 60.2 Å². The molecule has 0 unspecified atom stereocenters. The predicted molar refractivity (Wildman–Crippen MR) is 131 cm³/mol. The van der Waals surface area contributed by atoms with E-state index in [0.29, 0.717) is 45.7 Å². The highest BCUT2D eigenvalue weighted by molar-refractivity contribution is 5.89. The second-order valence-electron chi connectivity index (χ2n) is 8.74. The Kier molecular flexibility index (Phi) is 8.38. The topological polar surface area (TPSA) is 83.1 Å². The number of carbonyl (C=O) groups excluding carboxylic acids is 2. The van der Waals surface area contributed by atoms with Crippen molar-refractivity contribution in [2.24, 2.45) is 5.92 Å². The highest BCUT2D eigenvalue weighted by Crippen LogP contribution is 2.25. The van der Waals surface area contributed by atoms with Crippen molar-refractivity contribution in [2.75, 3.05) is 58.4 Å². The molecule has 2 heterocycles. The Morgan fingerprint density at radius 1 is 1.00 bits per heavy atom. The van der Waals surface area contributed by atoms with E-state index < -0.39 is 0 Å². The first-order chi connectivity index (χ1) is 16.6. The maximum absolute atomic E-state index is 13.0. The molecule has 8 heteroatoms. The SMILES string of the molecule is COc1ccc([C@H](CNC(=O)C2CCN(C(=O)Nc3ccccc3)CC2)N2CCOCC2)cc1. The molecule has 2 fully saturated rings. The fourth-order valence-electron chi connectivity index (χ4n) is 4.58. The van der Waals surface area contributed by atoms with Gasteiger partial charge in [0.2, 0.25) is 5.91 Å². The van der Waals surface area contributed by atoms with Crippen LogP contribution in [0.25, 0.3) is 0 Å². The molecule has 3 amide bonds. The van der Waals surface area contributed by atoms with Crippen LogP contribution < -0.4 is 15.4 Å². The van der Waals surface area contributed by atoms with Crippen molar-refractivity contribution in [1.29, 1.82) is 0 Å². The standard InChI is InChI=1S/C26H34N4O4/c1-33-23-9-7-20(8-10-23)24(29-15-17-34-18-16-29)19-27-25(31)21-11-13-30(14-12-21)26(32)28-22-5-3-2-4-6-22/h2-10,21,24H,11-19H2,1H3,(H,27,31)(H,28,32)/t24-/m0/s1.